The molecule has 0 aromatic carbocycles. The number of allylic oxidation sites excluding steroid dienone is 1. The van der Waals surface area contributed by atoms with E-state index in [1.165, 1.54) is 36.8 Å². The number of unbranched alkanes of at least 4 members (excludes halogenated alkanes) is 2. The van der Waals surface area contributed by atoms with Gasteiger partial charge in [0.05, 0.1) is 52.9 Å². The minimum absolute atomic E-state index is 0.241. The zero-order valence-electron chi connectivity index (χ0n) is 21.5. The van der Waals surface area contributed by atoms with Crippen LogP contribution < -0.4 is 5.32 Å². The van der Waals surface area contributed by atoms with Crippen molar-refractivity contribution < 1.29 is 33.3 Å². The van der Waals surface area contributed by atoms with Crippen molar-refractivity contribution in [3.05, 3.63) is 12.2 Å². The van der Waals surface area contributed by atoms with E-state index in [1.54, 1.807) is 7.05 Å². The van der Waals surface area contributed by atoms with E-state index in [0.29, 0.717) is 72.1 Å². The van der Waals surface area contributed by atoms with E-state index in [4.69, 9.17) is 18.9 Å². The summed E-state index contributed by atoms with van der Waals surface area (Å²) < 4.78 is 21.1. The Kier molecular flexibility index (Phi) is 38.1. The van der Waals surface area contributed by atoms with Crippen molar-refractivity contribution in [2.24, 2.45) is 0 Å². The van der Waals surface area contributed by atoms with Gasteiger partial charge in [-0.25, -0.2) is 0 Å². The summed E-state index contributed by atoms with van der Waals surface area (Å²) in [6.07, 6.45) is 8.16. The van der Waals surface area contributed by atoms with Gasteiger partial charge in [-0.1, -0.05) is 33.6 Å². The van der Waals surface area contributed by atoms with E-state index in [9.17, 15) is 14.4 Å². The maximum absolute atomic E-state index is 11.4. The Labute approximate surface area is 201 Å². The van der Waals surface area contributed by atoms with Crippen LogP contribution in [0.1, 0.15) is 46.5 Å². The third-order valence-corrected chi connectivity index (χ3v) is 3.79. The molecule has 33 heavy (non-hydrogen) atoms. The Morgan fingerprint density at radius 1 is 0.848 bits per heavy atom. The molecule has 0 rings (SSSR count). The van der Waals surface area contributed by atoms with Gasteiger partial charge in [0.15, 0.2) is 0 Å². The SMILES string of the molecule is CC.CCCCCNC.CN(CCOCCOCCOCCOCCC=O)C(=O)/C=C\C=O. The highest BCUT2D eigenvalue weighted by Gasteiger charge is 2.03. The Hall–Kier alpha value is -1.65. The quantitative estimate of drug-likeness (QED) is 0.153. The van der Waals surface area contributed by atoms with Gasteiger partial charge in [0.25, 0.3) is 0 Å². The van der Waals surface area contributed by atoms with Crippen LogP contribution in [0.15, 0.2) is 12.2 Å². The Morgan fingerprint density at radius 2 is 1.36 bits per heavy atom. The number of carbonyl (C=O) groups excluding carboxylic acids is 3. The van der Waals surface area contributed by atoms with Gasteiger partial charge in [0.1, 0.15) is 12.6 Å². The fourth-order valence-electron chi connectivity index (χ4n) is 2.01. The third kappa shape index (κ3) is 35.1. The molecule has 0 saturated carbocycles. The van der Waals surface area contributed by atoms with Crippen molar-refractivity contribution in [1.82, 2.24) is 10.2 Å². The smallest absolute Gasteiger partial charge is 0.246 e. The molecule has 0 aliphatic rings. The first kappa shape index (κ1) is 35.9. The summed E-state index contributed by atoms with van der Waals surface area (Å²) in [4.78, 5) is 33.0. The molecular weight excluding hydrogens is 428 g/mol. The zero-order chi connectivity index (χ0) is 25.4. The Bertz CT molecular complexity index is 431. The number of amides is 1. The highest BCUT2D eigenvalue weighted by molar-refractivity contribution is 5.90. The Morgan fingerprint density at radius 3 is 1.82 bits per heavy atom. The van der Waals surface area contributed by atoms with Crippen LogP contribution >= 0.6 is 0 Å². The van der Waals surface area contributed by atoms with Crippen LogP contribution in [0.5, 0.6) is 0 Å². The first-order valence-electron chi connectivity index (χ1n) is 11.9. The van der Waals surface area contributed by atoms with Crippen LogP contribution in [0.3, 0.4) is 0 Å². The summed E-state index contributed by atoms with van der Waals surface area (Å²) >= 11 is 0. The molecule has 9 heteroatoms. The van der Waals surface area contributed by atoms with Crippen LogP contribution in [0, 0.1) is 0 Å². The van der Waals surface area contributed by atoms with Gasteiger partial charge < -0.3 is 34.0 Å². The van der Waals surface area contributed by atoms with Crippen molar-refractivity contribution in [2.75, 3.05) is 80.0 Å². The second-order valence-electron chi connectivity index (χ2n) is 6.47. The molecule has 0 atom stereocenters. The van der Waals surface area contributed by atoms with Gasteiger partial charge in [0, 0.05) is 26.1 Å². The molecule has 0 aliphatic carbocycles. The molecule has 0 radical (unpaired) electrons. The van der Waals surface area contributed by atoms with Gasteiger partial charge in [0.2, 0.25) is 5.91 Å². The summed E-state index contributed by atoms with van der Waals surface area (Å²) in [5, 5.41) is 3.10. The van der Waals surface area contributed by atoms with E-state index >= 15 is 0 Å². The number of rotatable bonds is 21. The second-order valence-corrected chi connectivity index (χ2v) is 6.47. The van der Waals surface area contributed by atoms with Crippen molar-refractivity contribution in [3.63, 3.8) is 0 Å². The van der Waals surface area contributed by atoms with Crippen LogP contribution in [0.25, 0.3) is 0 Å². The highest BCUT2D eigenvalue weighted by atomic mass is 16.6. The first-order chi connectivity index (χ1) is 16.1. The summed E-state index contributed by atoms with van der Waals surface area (Å²) in [5.41, 5.74) is 0. The summed E-state index contributed by atoms with van der Waals surface area (Å²) in [6.45, 7) is 11.4. The fraction of sp³-hybridized carbons (Fsp3) is 0.792. The minimum atomic E-state index is -0.241. The predicted molar refractivity (Wildman–Crippen MR) is 132 cm³/mol. The van der Waals surface area contributed by atoms with E-state index in [0.717, 1.165) is 12.4 Å². The van der Waals surface area contributed by atoms with Gasteiger partial charge in [-0.15, -0.1) is 0 Å². The van der Waals surface area contributed by atoms with E-state index in [1.807, 2.05) is 20.9 Å². The van der Waals surface area contributed by atoms with Gasteiger partial charge >= 0.3 is 0 Å². The number of ether oxygens (including phenoxy) is 4. The van der Waals surface area contributed by atoms with Gasteiger partial charge in [-0.2, -0.15) is 0 Å². The number of carbonyl (C=O) groups is 3. The molecular formula is C24H48N2O7. The molecule has 0 saturated heterocycles. The number of likely N-dealkylation sites (N-methyl/N-ethyl adjacent to an activating group) is 1. The second kappa shape index (κ2) is 35.0. The number of hydrogen-bond acceptors (Lipinski definition) is 8. The molecule has 0 bridgehead atoms. The van der Waals surface area contributed by atoms with Gasteiger partial charge in [-0.05, 0) is 26.1 Å². The lowest BCUT2D eigenvalue weighted by atomic mass is 10.2. The monoisotopic (exact) mass is 476 g/mol. The molecule has 1 N–H and O–H groups in total. The molecule has 9 nitrogen and oxygen atoms in total. The topological polar surface area (TPSA) is 103 Å². The number of aldehydes is 2. The maximum atomic E-state index is 11.4. The molecule has 0 heterocycles. The van der Waals surface area contributed by atoms with Crippen molar-refractivity contribution >= 4 is 18.5 Å². The Balaban J connectivity index is -0.000000846. The highest BCUT2D eigenvalue weighted by Crippen LogP contribution is 1.90. The van der Waals surface area contributed by atoms with Crippen LogP contribution in [0.2, 0.25) is 0 Å². The zero-order valence-corrected chi connectivity index (χ0v) is 21.5. The molecule has 0 spiro atoms. The van der Waals surface area contributed by atoms with E-state index < -0.39 is 0 Å². The van der Waals surface area contributed by atoms with E-state index in [2.05, 4.69) is 12.2 Å². The number of nitrogens with zero attached hydrogens (tertiary/aromatic N) is 1. The molecule has 0 fully saturated rings. The summed E-state index contributed by atoms with van der Waals surface area (Å²) in [6, 6.07) is 0. The van der Waals surface area contributed by atoms with Crippen LogP contribution in [-0.2, 0) is 33.3 Å². The summed E-state index contributed by atoms with van der Waals surface area (Å²) in [7, 11) is 3.63. The van der Waals surface area contributed by atoms with Crippen LogP contribution in [-0.4, -0.2) is 103 Å². The average Bonchev–Trinajstić information content (AvgIpc) is 2.84. The predicted octanol–water partition coefficient (Wildman–Crippen LogP) is 2.28. The van der Waals surface area contributed by atoms with Crippen molar-refractivity contribution in [1.29, 1.82) is 0 Å². The van der Waals surface area contributed by atoms with Gasteiger partial charge in [-0.3, -0.25) is 9.59 Å². The summed E-state index contributed by atoms with van der Waals surface area (Å²) in [5.74, 6) is -0.241. The molecule has 1 amide bonds. The normalized spacial score (nSPS) is 10.1. The number of nitrogens with one attached hydrogen (secondary N) is 1. The van der Waals surface area contributed by atoms with E-state index in [-0.39, 0.29) is 5.91 Å². The molecule has 196 valence electrons. The number of hydrogen-bond donors (Lipinski definition) is 1. The average molecular weight is 477 g/mol. The third-order valence-electron chi connectivity index (χ3n) is 3.79. The molecule has 0 unspecified atom stereocenters. The van der Waals surface area contributed by atoms with Crippen molar-refractivity contribution in [3.8, 4) is 0 Å². The molecule has 0 aliphatic heterocycles. The first-order valence-corrected chi connectivity index (χ1v) is 11.9. The van der Waals surface area contributed by atoms with Crippen molar-refractivity contribution in [2.45, 2.75) is 46.5 Å². The lowest BCUT2D eigenvalue weighted by Crippen LogP contribution is -2.29. The fourth-order valence-corrected chi connectivity index (χ4v) is 2.01. The maximum Gasteiger partial charge on any atom is 0.246 e. The standard InChI is InChI=1S/C16H27NO7.C6H15N.C2H6/c1-17(16(20)4-2-6-18)5-9-22-11-13-24-15-14-23-12-10-21-8-3-7-19;1-3-4-5-6-7-2;1-2/h2,4,6-7H,3,5,8-15H2,1H3;7H,3-6H2,1-2H3;1-2H3/b4-2-;;. The largest absolute Gasteiger partial charge is 0.379 e. The lowest BCUT2D eigenvalue weighted by Gasteiger charge is -2.14. The van der Waals surface area contributed by atoms with Crippen LogP contribution in [0.4, 0.5) is 0 Å². The lowest BCUT2D eigenvalue weighted by molar-refractivity contribution is -0.125. The molecule has 0 aromatic rings. The molecule has 0 aromatic heterocycles. The minimum Gasteiger partial charge on any atom is -0.379 e.